The van der Waals surface area contributed by atoms with E-state index < -0.39 is 13.3 Å². The first-order chi connectivity index (χ1) is 11.2. The zero-order chi connectivity index (χ0) is 17.8. The first-order valence-electron chi connectivity index (χ1n) is 9.39. The van der Waals surface area contributed by atoms with E-state index in [9.17, 15) is 0 Å². The molecule has 0 spiro atoms. The van der Waals surface area contributed by atoms with Crippen LogP contribution in [0.1, 0.15) is 45.8 Å². The molecule has 0 amide bonds. The molecule has 0 saturated heterocycles. The van der Waals surface area contributed by atoms with Crippen LogP contribution in [0.15, 0.2) is 21.6 Å². The van der Waals surface area contributed by atoms with Gasteiger partial charge in [-0.3, -0.25) is 4.99 Å². The van der Waals surface area contributed by atoms with Gasteiger partial charge in [0.15, 0.2) is 0 Å². The van der Waals surface area contributed by atoms with Crippen LogP contribution in [0.25, 0.3) is 0 Å². The quantitative estimate of drug-likeness (QED) is 0.742. The molecule has 19 heavy (non-hydrogen) atoms. The minimum absolute atomic E-state index is 0.0683. The van der Waals surface area contributed by atoms with E-state index in [0.29, 0.717) is 31.0 Å². The number of hydrogen-bond acceptors (Lipinski definition) is 4. The van der Waals surface area contributed by atoms with E-state index in [-0.39, 0.29) is 19.8 Å². The van der Waals surface area contributed by atoms with E-state index in [0.717, 1.165) is 18.4 Å². The van der Waals surface area contributed by atoms with Crippen LogP contribution in [-0.4, -0.2) is 49.9 Å². The van der Waals surface area contributed by atoms with Gasteiger partial charge in [-0.05, 0) is 25.3 Å². The molecular weight excluding hydrogens is 238 g/mol. The molecule has 0 aromatic heterocycles. The first-order valence-corrected chi connectivity index (χ1v) is 6.89. The molecule has 0 aromatic rings. The number of unbranched alkanes of at least 4 members (excludes halogenated alkanes) is 1. The second-order valence-electron chi connectivity index (χ2n) is 4.69. The van der Waals surface area contributed by atoms with Gasteiger partial charge >= 0.3 is 0 Å². The number of nitrogens with zero attached hydrogens (tertiary/aromatic N) is 3. The highest BCUT2D eigenvalue weighted by Crippen LogP contribution is 2.14. The van der Waals surface area contributed by atoms with Gasteiger partial charge in [0.1, 0.15) is 12.4 Å². The average Bonchev–Trinajstić information content (AvgIpc) is 2.99. The lowest BCUT2D eigenvalue weighted by atomic mass is 10.1. The zero-order valence-electron chi connectivity index (χ0n) is 16.5. The highest BCUT2D eigenvalue weighted by Gasteiger charge is 2.22. The lowest BCUT2D eigenvalue weighted by molar-refractivity contribution is 0.298. The van der Waals surface area contributed by atoms with E-state index in [1.54, 1.807) is 0 Å². The minimum Gasteiger partial charge on any atom is -0.476 e. The predicted octanol–water partition coefficient (Wildman–Crippen LogP) is 2.66. The van der Waals surface area contributed by atoms with Crippen LogP contribution in [0, 0.1) is 0 Å². The monoisotopic (exact) mass is 268 g/mol. The largest absolute Gasteiger partial charge is 0.476 e. The predicted molar refractivity (Wildman–Crippen MR) is 80.0 cm³/mol. The van der Waals surface area contributed by atoms with Crippen LogP contribution >= 0.6 is 0 Å². The second kappa shape index (κ2) is 7.43. The molecule has 0 bridgehead atoms. The van der Waals surface area contributed by atoms with Crippen molar-refractivity contribution in [1.29, 1.82) is 0 Å². The minimum atomic E-state index is -2.13. The highest BCUT2D eigenvalue weighted by atomic mass is 16.5. The summed E-state index contributed by atoms with van der Waals surface area (Å²) in [5.41, 5.74) is 1.36. The fourth-order valence-corrected chi connectivity index (χ4v) is 2.07. The van der Waals surface area contributed by atoms with Crippen molar-refractivity contribution in [3.05, 3.63) is 11.6 Å². The molecule has 0 unspecified atom stereocenters. The molecule has 2 aliphatic heterocycles. The molecule has 2 aliphatic rings. The van der Waals surface area contributed by atoms with Crippen molar-refractivity contribution in [2.75, 3.05) is 33.3 Å². The first kappa shape index (κ1) is 8.90. The van der Waals surface area contributed by atoms with Crippen LogP contribution in [0.3, 0.4) is 0 Å². The molecule has 0 fully saturated rings. The molecule has 0 saturated carbocycles. The van der Waals surface area contributed by atoms with Crippen LogP contribution in [0.4, 0.5) is 0 Å². The SMILES string of the molecule is [2H]C([2H])(CCCC)COC1=NCN=C1C1=CCCN(C([2H])([2H])[2H])C1. The van der Waals surface area contributed by atoms with Crippen LogP contribution < -0.4 is 0 Å². The number of hydrogen-bond donors (Lipinski definition) is 0. The third-order valence-corrected chi connectivity index (χ3v) is 3.12. The van der Waals surface area contributed by atoms with Gasteiger partial charge in [-0.25, -0.2) is 4.99 Å². The van der Waals surface area contributed by atoms with Crippen molar-refractivity contribution in [1.82, 2.24) is 4.90 Å². The summed E-state index contributed by atoms with van der Waals surface area (Å²) in [5, 5.41) is 0. The molecule has 106 valence electrons. The van der Waals surface area contributed by atoms with Crippen molar-refractivity contribution < 1.29 is 11.6 Å². The Balaban J connectivity index is 1.97. The standard InChI is InChI=1S/C15H25N3O/c1-3-4-5-6-10-19-15-14(16-12-17-15)13-8-7-9-18(2)11-13/h8H,3-7,9-12H2,1-2H3/i2D3,6D2. The Hall–Kier alpha value is -1.16. The molecular formula is C15H25N3O. The maximum atomic E-state index is 7.97. The highest BCUT2D eigenvalue weighted by molar-refractivity contribution is 6.46. The number of aliphatic imine (C=N–C) groups is 2. The van der Waals surface area contributed by atoms with E-state index >= 15 is 0 Å². The molecule has 4 nitrogen and oxygen atoms in total. The van der Waals surface area contributed by atoms with Gasteiger partial charge < -0.3 is 9.64 Å². The maximum Gasteiger partial charge on any atom is 0.237 e. The lowest BCUT2D eigenvalue weighted by Gasteiger charge is -2.23. The summed E-state index contributed by atoms with van der Waals surface area (Å²) >= 11 is 0. The van der Waals surface area contributed by atoms with Gasteiger partial charge in [-0.15, -0.1) is 0 Å². The van der Waals surface area contributed by atoms with E-state index in [2.05, 4.69) is 9.98 Å². The average molecular weight is 268 g/mol. The van der Waals surface area contributed by atoms with Gasteiger partial charge in [0.25, 0.3) is 0 Å². The Kier molecular flexibility index (Phi) is 3.48. The fraction of sp³-hybridized carbons (Fsp3) is 0.733. The van der Waals surface area contributed by atoms with Crippen molar-refractivity contribution in [2.45, 2.75) is 39.0 Å². The molecule has 0 aromatic carbocycles. The molecule has 0 aliphatic carbocycles. The van der Waals surface area contributed by atoms with E-state index in [1.807, 2.05) is 13.0 Å². The van der Waals surface area contributed by atoms with Gasteiger partial charge in [-0.2, -0.15) is 0 Å². The Morgan fingerprint density at radius 2 is 2.42 bits per heavy atom. The molecule has 0 atom stereocenters. The van der Waals surface area contributed by atoms with E-state index in [1.165, 1.54) is 4.90 Å². The maximum absolute atomic E-state index is 7.97. The van der Waals surface area contributed by atoms with Crippen LogP contribution in [0.2, 0.25) is 0 Å². The summed E-state index contributed by atoms with van der Waals surface area (Å²) in [7, 11) is 0. The number of likely N-dealkylation sites (N-methyl/N-ethyl adjacent to an activating group) is 1. The van der Waals surface area contributed by atoms with Crippen molar-refractivity contribution in [2.24, 2.45) is 9.98 Å². The van der Waals surface area contributed by atoms with Crippen molar-refractivity contribution in [3.8, 4) is 0 Å². The Bertz CT molecular complexity index is 540. The summed E-state index contributed by atoms with van der Waals surface area (Å²) in [5.74, 6) is 0.328. The van der Waals surface area contributed by atoms with Crippen LogP contribution in [0.5, 0.6) is 0 Å². The summed E-state index contributed by atoms with van der Waals surface area (Å²) in [4.78, 5) is 9.93. The molecule has 0 radical (unpaired) electrons. The summed E-state index contributed by atoms with van der Waals surface area (Å²) < 4.78 is 44.2. The smallest absolute Gasteiger partial charge is 0.237 e. The van der Waals surface area contributed by atoms with Gasteiger partial charge in [0.2, 0.25) is 5.90 Å². The third-order valence-electron chi connectivity index (χ3n) is 3.12. The van der Waals surface area contributed by atoms with Crippen molar-refractivity contribution in [3.63, 3.8) is 0 Å². The third kappa shape index (κ3) is 4.16. The van der Waals surface area contributed by atoms with Gasteiger partial charge in [-0.1, -0.05) is 32.3 Å². The molecule has 2 heterocycles. The topological polar surface area (TPSA) is 37.2 Å². The Morgan fingerprint density at radius 1 is 1.47 bits per heavy atom. The normalized spacial score (nSPS) is 25.3. The summed E-state index contributed by atoms with van der Waals surface area (Å²) in [6.07, 6.45) is 3.39. The lowest BCUT2D eigenvalue weighted by Crippen LogP contribution is -2.31. The summed E-state index contributed by atoms with van der Waals surface area (Å²) in [6.45, 7) is 0.832. The number of ether oxygens (including phenoxy) is 1. The summed E-state index contributed by atoms with van der Waals surface area (Å²) in [6, 6.07) is 0. The second-order valence-corrected chi connectivity index (χ2v) is 4.69. The van der Waals surface area contributed by atoms with Crippen molar-refractivity contribution >= 4 is 11.6 Å². The molecule has 0 N–H and O–H groups in total. The van der Waals surface area contributed by atoms with Gasteiger partial charge in [0, 0.05) is 19.9 Å². The molecule has 2 rings (SSSR count). The van der Waals surface area contributed by atoms with E-state index in [4.69, 9.17) is 11.6 Å². The number of rotatable bonds is 6. The fourth-order valence-electron chi connectivity index (χ4n) is 2.07. The Labute approximate surface area is 123 Å². The van der Waals surface area contributed by atoms with Crippen LogP contribution in [-0.2, 0) is 4.74 Å². The Morgan fingerprint density at radius 3 is 3.26 bits per heavy atom. The zero-order valence-corrected chi connectivity index (χ0v) is 11.5. The molecule has 4 heteroatoms. The van der Waals surface area contributed by atoms with Gasteiger partial charge in [0.05, 0.1) is 6.61 Å².